The Balaban J connectivity index is 2.75. The molecule has 0 aliphatic carbocycles. The van der Waals surface area contributed by atoms with Crippen LogP contribution in [0.25, 0.3) is 0 Å². The standard InChI is InChI=1S/C14H17ClF4O/c1-9(10-4-6-11(15)7-5-10)13(2,3)8-20-14(18,19)12(16)17/h4-7,9,12H,8H2,1-3H3. The van der Waals surface area contributed by atoms with E-state index in [2.05, 4.69) is 4.74 Å². The molecule has 0 aliphatic rings. The maximum absolute atomic E-state index is 12.8. The largest absolute Gasteiger partial charge is 0.416 e. The lowest BCUT2D eigenvalue weighted by molar-refractivity contribution is -0.309. The number of ether oxygens (including phenoxy) is 1. The molecule has 1 nitrogen and oxygen atoms in total. The first-order valence-electron chi connectivity index (χ1n) is 6.11. The molecule has 114 valence electrons. The molecule has 6 heteroatoms. The molecule has 1 aromatic carbocycles. The fraction of sp³-hybridized carbons (Fsp3) is 0.571. The molecular weight excluding hydrogens is 296 g/mol. The SMILES string of the molecule is CC(c1ccc(Cl)cc1)C(C)(C)COC(F)(F)C(F)F. The van der Waals surface area contributed by atoms with Gasteiger partial charge in [0.25, 0.3) is 0 Å². The van der Waals surface area contributed by atoms with Gasteiger partial charge in [-0.1, -0.05) is 44.5 Å². The minimum absolute atomic E-state index is 0.159. The molecule has 1 aromatic rings. The molecule has 0 saturated heterocycles. The van der Waals surface area contributed by atoms with Crippen LogP contribution in [0.4, 0.5) is 17.6 Å². The lowest BCUT2D eigenvalue weighted by Gasteiger charge is -2.33. The van der Waals surface area contributed by atoms with Crippen molar-refractivity contribution in [1.82, 2.24) is 0 Å². The van der Waals surface area contributed by atoms with Crippen molar-refractivity contribution in [2.75, 3.05) is 6.61 Å². The summed E-state index contributed by atoms with van der Waals surface area (Å²) in [4.78, 5) is 0. The van der Waals surface area contributed by atoms with Gasteiger partial charge in [0, 0.05) is 5.02 Å². The van der Waals surface area contributed by atoms with Crippen molar-refractivity contribution in [3.63, 3.8) is 0 Å². The molecule has 0 N–H and O–H groups in total. The van der Waals surface area contributed by atoms with Gasteiger partial charge < -0.3 is 4.74 Å². The summed E-state index contributed by atoms with van der Waals surface area (Å²) in [7, 11) is 0. The molecular formula is C14H17ClF4O. The Labute approximate surface area is 120 Å². The number of hydrogen-bond acceptors (Lipinski definition) is 1. The number of alkyl halides is 4. The van der Waals surface area contributed by atoms with Crippen molar-refractivity contribution >= 4 is 11.6 Å². The van der Waals surface area contributed by atoms with E-state index in [1.165, 1.54) is 0 Å². The average Bonchev–Trinajstić information content (AvgIpc) is 2.36. The van der Waals surface area contributed by atoms with Crippen LogP contribution in [0.2, 0.25) is 5.02 Å². The van der Waals surface area contributed by atoms with Gasteiger partial charge in [0.05, 0.1) is 6.61 Å². The summed E-state index contributed by atoms with van der Waals surface area (Å²) in [5.74, 6) is -0.159. The van der Waals surface area contributed by atoms with E-state index in [-0.39, 0.29) is 5.92 Å². The number of rotatable bonds is 6. The fourth-order valence-electron chi connectivity index (χ4n) is 1.67. The van der Waals surface area contributed by atoms with Gasteiger partial charge in [0.1, 0.15) is 0 Å². The van der Waals surface area contributed by atoms with Crippen LogP contribution in [-0.4, -0.2) is 19.1 Å². The predicted molar refractivity (Wildman–Crippen MR) is 70.6 cm³/mol. The Morgan fingerprint density at radius 2 is 1.65 bits per heavy atom. The van der Waals surface area contributed by atoms with Crippen molar-refractivity contribution in [1.29, 1.82) is 0 Å². The van der Waals surface area contributed by atoms with Crippen LogP contribution in [0, 0.1) is 5.41 Å². The molecule has 20 heavy (non-hydrogen) atoms. The van der Waals surface area contributed by atoms with Gasteiger partial charge >= 0.3 is 12.5 Å². The lowest BCUT2D eigenvalue weighted by Crippen LogP contribution is -2.36. The van der Waals surface area contributed by atoms with Gasteiger partial charge in [-0.3, -0.25) is 0 Å². The molecule has 0 amide bonds. The van der Waals surface area contributed by atoms with Crippen molar-refractivity contribution in [3.05, 3.63) is 34.9 Å². The third-order valence-corrected chi connectivity index (χ3v) is 3.68. The van der Waals surface area contributed by atoms with Crippen LogP contribution in [-0.2, 0) is 4.74 Å². The van der Waals surface area contributed by atoms with Crippen molar-refractivity contribution in [2.24, 2.45) is 5.41 Å². The first kappa shape index (κ1) is 17.2. The van der Waals surface area contributed by atoms with Gasteiger partial charge in [0.15, 0.2) is 0 Å². The van der Waals surface area contributed by atoms with Crippen LogP contribution in [0.5, 0.6) is 0 Å². The Morgan fingerprint density at radius 1 is 1.15 bits per heavy atom. The topological polar surface area (TPSA) is 9.23 Å². The highest BCUT2D eigenvalue weighted by Gasteiger charge is 2.44. The first-order valence-corrected chi connectivity index (χ1v) is 6.49. The number of halogens is 5. The van der Waals surface area contributed by atoms with E-state index in [1.807, 2.05) is 6.92 Å². The summed E-state index contributed by atoms with van der Waals surface area (Å²) < 4.78 is 53.9. The second kappa shape index (κ2) is 6.31. The average molecular weight is 313 g/mol. The quantitative estimate of drug-likeness (QED) is 0.644. The minimum atomic E-state index is -4.42. The molecule has 0 saturated carbocycles. The summed E-state index contributed by atoms with van der Waals surface area (Å²) in [6.45, 7) is 4.73. The Morgan fingerprint density at radius 3 is 2.10 bits per heavy atom. The molecule has 1 rings (SSSR count). The van der Waals surface area contributed by atoms with Gasteiger partial charge in [-0.25, -0.2) is 8.78 Å². The lowest BCUT2D eigenvalue weighted by atomic mass is 9.77. The zero-order valence-electron chi connectivity index (χ0n) is 11.5. The smallest absolute Gasteiger partial charge is 0.315 e. The third kappa shape index (κ3) is 4.35. The first-order chi connectivity index (χ1) is 9.06. The molecule has 0 aliphatic heterocycles. The third-order valence-electron chi connectivity index (χ3n) is 3.43. The Hall–Kier alpha value is -0.810. The monoisotopic (exact) mass is 312 g/mol. The summed E-state index contributed by atoms with van der Waals surface area (Å²) in [6, 6.07) is 6.94. The summed E-state index contributed by atoms with van der Waals surface area (Å²) >= 11 is 5.78. The van der Waals surface area contributed by atoms with Gasteiger partial charge in [-0.15, -0.1) is 0 Å². The summed E-state index contributed by atoms with van der Waals surface area (Å²) in [5.41, 5.74) is 0.148. The van der Waals surface area contributed by atoms with Crippen molar-refractivity contribution in [2.45, 2.75) is 39.2 Å². The van der Waals surface area contributed by atoms with Crippen LogP contribution in [0.15, 0.2) is 24.3 Å². The molecule has 1 atom stereocenters. The molecule has 0 fully saturated rings. The van der Waals surface area contributed by atoms with Crippen molar-refractivity contribution in [3.8, 4) is 0 Å². The van der Waals surface area contributed by atoms with Crippen LogP contribution in [0.3, 0.4) is 0 Å². The number of hydrogen-bond donors (Lipinski definition) is 0. The molecule has 0 aromatic heterocycles. The van der Waals surface area contributed by atoms with E-state index >= 15 is 0 Å². The molecule has 1 unspecified atom stereocenters. The second-order valence-electron chi connectivity index (χ2n) is 5.41. The van der Waals surface area contributed by atoms with Gasteiger partial charge in [-0.2, -0.15) is 8.78 Å². The maximum Gasteiger partial charge on any atom is 0.416 e. The van der Waals surface area contributed by atoms with Crippen LogP contribution in [0.1, 0.15) is 32.3 Å². The van der Waals surface area contributed by atoms with Crippen LogP contribution >= 0.6 is 11.6 Å². The molecule has 0 radical (unpaired) electrons. The summed E-state index contributed by atoms with van der Waals surface area (Å²) in [5, 5.41) is 0.569. The van der Waals surface area contributed by atoms with E-state index in [9.17, 15) is 17.6 Å². The molecule has 0 heterocycles. The Bertz CT molecular complexity index is 431. The van der Waals surface area contributed by atoms with E-state index < -0.39 is 24.6 Å². The zero-order chi connectivity index (χ0) is 15.6. The van der Waals surface area contributed by atoms with E-state index in [0.717, 1.165) is 5.56 Å². The highest BCUT2D eigenvalue weighted by Crippen LogP contribution is 2.37. The summed E-state index contributed by atoms with van der Waals surface area (Å²) in [6.07, 6.45) is -8.25. The van der Waals surface area contributed by atoms with Crippen molar-refractivity contribution < 1.29 is 22.3 Å². The van der Waals surface area contributed by atoms with Crippen LogP contribution < -0.4 is 0 Å². The maximum atomic E-state index is 12.8. The fourth-order valence-corrected chi connectivity index (χ4v) is 1.80. The van der Waals surface area contributed by atoms with Gasteiger partial charge in [-0.05, 0) is 29.0 Å². The predicted octanol–water partition coefficient (Wildman–Crippen LogP) is 5.34. The normalized spacial score (nSPS) is 14.7. The molecule has 0 bridgehead atoms. The minimum Gasteiger partial charge on any atom is -0.315 e. The highest BCUT2D eigenvalue weighted by molar-refractivity contribution is 6.30. The van der Waals surface area contributed by atoms with E-state index in [1.54, 1.807) is 38.1 Å². The second-order valence-corrected chi connectivity index (χ2v) is 5.85. The zero-order valence-corrected chi connectivity index (χ0v) is 12.2. The van der Waals surface area contributed by atoms with E-state index in [0.29, 0.717) is 5.02 Å². The van der Waals surface area contributed by atoms with E-state index in [4.69, 9.17) is 11.6 Å². The van der Waals surface area contributed by atoms with Gasteiger partial charge in [0.2, 0.25) is 0 Å². The number of benzene rings is 1. The Kier molecular flexibility index (Phi) is 5.44. The highest BCUT2D eigenvalue weighted by atomic mass is 35.5. The molecule has 0 spiro atoms.